The van der Waals surface area contributed by atoms with Crippen LogP contribution in [0.25, 0.3) is 10.9 Å². The van der Waals surface area contributed by atoms with Crippen LogP contribution in [0.4, 0.5) is 0 Å². The van der Waals surface area contributed by atoms with Gasteiger partial charge in [-0.25, -0.2) is 0 Å². The van der Waals surface area contributed by atoms with Crippen molar-refractivity contribution in [3.63, 3.8) is 0 Å². The fraction of sp³-hybridized carbons (Fsp3) is 0.375. The van der Waals surface area contributed by atoms with Gasteiger partial charge in [-0.2, -0.15) is 4.98 Å². The third-order valence-corrected chi connectivity index (χ3v) is 3.78. The van der Waals surface area contributed by atoms with Crippen molar-refractivity contribution in [2.45, 2.75) is 32.2 Å². The summed E-state index contributed by atoms with van der Waals surface area (Å²) < 4.78 is 13.0. The van der Waals surface area contributed by atoms with E-state index in [0.717, 1.165) is 28.4 Å². The predicted octanol–water partition coefficient (Wildman–Crippen LogP) is 3.35. The number of hydrogen-bond acceptors (Lipinski definition) is 4. The van der Waals surface area contributed by atoms with Gasteiger partial charge in [-0.3, -0.25) is 0 Å². The first-order chi connectivity index (χ1) is 10.3. The van der Waals surface area contributed by atoms with Crippen LogP contribution in [-0.4, -0.2) is 21.3 Å². The number of hydrogen-bond donors (Lipinski definition) is 0. The number of benzene rings is 1. The molecule has 3 aromatic rings. The van der Waals surface area contributed by atoms with E-state index in [1.807, 2.05) is 19.2 Å². The normalized spacial score (nSPS) is 14.7. The first-order valence-corrected chi connectivity index (χ1v) is 7.37. The quantitative estimate of drug-likeness (QED) is 0.720. The van der Waals surface area contributed by atoms with E-state index in [0.29, 0.717) is 19.1 Å². The molecule has 5 nitrogen and oxygen atoms in total. The van der Waals surface area contributed by atoms with Crippen LogP contribution in [0, 0.1) is 0 Å². The Morgan fingerprint density at radius 2 is 2.24 bits per heavy atom. The molecule has 2 aromatic heterocycles. The van der Waals surface area contributed by atoms with Gasteiger partial charge < -0.3 is 13.8 Å². The van der Waals surface area contributed by atoms with Crippen LogP contribution >= 0.6 is 0 Å². The molecule has 0 saturated heterocycles. The molecule has 4 rings (SSSR count). The Kier molecular flexibility index (Phi) is 2.91. The standard InChI is InChI=1S/C16H17N3O2/c1-2-20-13-5-6-14-12(9-13)7-8-19(14)10-15-17-16(21-18-15)11-3-4-11/h5-9,11H,2-4,10H2,1H3. The van der Waals surface area contributed by atoms with Crippen molar-refractivity contribution >= 4 is 10.9 Å². The lowest BCUT2D eigenvalue weighted by Gasteiger charge is -2.04. The van der Waals surface area contributed by atoms with Gasteiger partial charge in [0.1, 0.15) is 5.75 Å². The average molecular weight is 283 g/mol. The largest absolute Gasteiger partial charge is 0.494 e. The summed E-state index contributed by atoms with van der Waals surface area (Å²) in [4.78, 5) is 4.48. The lowest BCUT2D eigenvalue weighted by Crippen LogP contribution is -2.00. The first kappa shape index (κ1) is 12.4. The Morgan fingerprint density at radius 1 is 1.33 bits per heavy atom. The number of rotatable bonds is 5. The number of fused-ring (bicyclic) bond motifs is 1. The lowest BCUT2D eigenvalue weighted by molar-refractivity contribution is 0.340. The van der Waals surface area contributed by atoms with E-state index in [-0.39, 0.29) is 0 Å². The maximum absolute atomic E-state index is 5.53. The van der Waals surface area contributed by atoms with Gasteiger partial charge in [-0.15, -0.1) is 0 Å². The minimum Gasteiger partial charge on any atom is -0.494 e. The Hall–Kier alpha value is -2.30. The molecule has 1 fully saturated rings. The van der Waals surface area contributed by atoms with Gasteiger partial charge in [-0.05, 0) is 44.0 Å². The van der Waals surface area contributed by atoms with Crippen LogP contribution < -0.4 is 4.74 Å². The third kappa shape index (κ3) is 2.39. The summed E-state index contributed by atoms with van der Waals surface area (Å²) in [6.45, 7) is 3.30. The van der Waals surface area contributed by atoms with E-state index in [9.17, 15) is 0 Å². The highest BCUT2D eigenvalue weighted by Gasteiger charge is 2.29. The Morgan fingerprint density at radius 3 is 3.05 bits per heavy atom. The molecule has 0 bridgehead atoms. The molecular weight excluding hydrogens is 266 g/mol. The third-order valence-electron chi connectivity index (χ3n) is 3.78. The van der Waals surface area contributed by atoms with E-state index >= 15 is 0 Å². The molecule has 1 saturated carbocycles. The van der Waals surface area contributed by atoms with Gasteiger partial charge in [-0.1, -0.05) is 5.16 Å². The fourth-order valence-corrected chi connectivity index (χ4v) is 2.55. The van der Waals surface area contributed by atoms with Crippen LogP contribution in [0.5, 0.6) is 5.75 Å². The molecule has 108 valence electrons. The first-order valence-electron chi connectivity index (χ1n) is 7.37. The molecule has 21 heavy (non-hydrogen) atoms. The topological polar surface area (TPSA) is 53.1 Å². The van der Waals surface area contributed by atoms with E-state index in [1.165, 1.54) is 12.8 Å². The molecule has 0 amide bonds. The van der Waals surface area contributed by atoms with E-state index in [2.05, 4.69) is 32.9 Å². The number of aromatic nitrogens is 3. The van der Waals surface area contributed by atoms with Crippen molar-refractivity contribution in [3.8, 4) is 5.75 Å². The molecule has 0 atom stereocenters. The minimum atomic E-state index is 0.501. The highest BCUT2D eigenvalue weighted by Crippen LogP contribution is 2.38. The predicted molar refractivity (Wildman–Crippen MR) is 78.5 cm³/mol. The Balaban J connectivity index is 1.60. The van der Waals surface area contributed by atoms with Crippen molar-refractivity contribution < 1.29 is 9.26 Å². The van der Waals surface area contributed by atoms with Gasteiger partial charge in [0.25, 0.3) is 0 Å². The lowest BCUT2D eigenvalue weighted by atomic mass is 10.2. The summed E-state index contributed by atoms with van der Waals surface area (Å²) >= 11 is 0. The average Bonchev–Trinajstić information content (AvgIpc) is 3.12. The monoisotopic (exact) mass is 283 g/mol. The van der Waals surface area contributed by atoms with E-state index in [4.69, 9.17) is 9.26 Å². The van der Waals surface area contributed by atoms with Crippen LogP contribution in [0.3, 0.4) is 0 Å². The summed E-state index contributed by atoms with van der Waals surface area (Å²) in [5, 5.41) is 5.23. The van der Waals surface area contributed by atoms with Crippen molar-refractivity contribution in [2.24, 2.45) is 0 Å². The van der Waals surface area contributed by atoms with Gasteiger partial charge in [0, 0.05) is 23.0 Å². The van der Waals surface area contributed by atoms with Crippen LogP contribution in [-0.2, 0) is 6.54 Å². The van der Waals surface area contributed by atoms with Crippen molar-refractivity contribution in [1.29, 1.82) is 0 Å². The molecule has 0 aliphatic heterocycles. The van der Waals surface area contributed by atoms with E-state index in [1.54, 1.807) is 0 Å². The molecule has 0 radical (unpaired) electrons. The molecule has 0 spiro atoms. The second-order valence-electron chi connectivity index (χ2n) is 5.42. The van der Waals surface area contributed by atoms with Crippen LogP contribution in [0.1, 0.15) is 37.4 Å². The molecule has 5 heteroatoms. The molecule has 1 aliphatic rings. The second kappa shape index (κ2) is 4.91. The van der Waals surface area contributed by atoms with Gasteiger partial charge in [0.05, 0.1) is 13.2 Å². The summed E-state index contributed by atoms with van der Waals surface area (Å²) in [5.41, 5.74) is 1.15. The SMILES string of the molecule is CCOc1ccc2c(ccn2Cc2noc(C3CC3)n2)c1. The highest BCUT2D eigenvalue weighted by atomic mass is 16.5. The molecule has 0 unspecified atom stereocenters. The zero-order valence-electron chi connectivity index (χ0n) is 12.0. The van der Waals surface area contributed by atoms with Crippen molar-refractivity contribution in [1.82, 2.24) is 14.7 Å². The van der Waals surface area contributed by atoms with Crippen molar-refractivity contribution in [2.75, 3.05) is 6.61 Å². The molecule has 1 aliphatic carbocycles. The summed E-state index contributed by atoms with van der Waals surface area (Å²) in [6.07, 6.45) is 4.40. The minimum absolute atomic E-state index is 0.501. The van der Waals surface area contributed by atoms with Crippen LogP contribution in [0.2, 0.25) is 0 Å². The zero-order valence-corrected chi connectivity index (χ0v) is 12.0. The second-order valence-corrected chi connectivity index (χ2v) is 5.42. The molecular formula is C16H17N3O2. The molecule has 1 aromatic carbocycles. The van der Waals surface area contributed by atoms with Gasteiger partial charge in [0.2, 0.25) is 5.89 Å². The maximum Gasteiger partial charge on any atom is 0.229 e. The van der Waals surface area contributed by atoms with Crippen LogP contribution in [0.15, 0.2) is 35.0 Å². The summed E-state index contributed by atoms with van der Waals surface area (Å²) in [5.74, 6) is 2.93. The number of nitrogens with zero attached hydrogens (tertiary/aromatic N) is 3. The van der Waals surface area contributed by atoms with Gasteiger partial charge >= 0.3 is 0 Å². The Bertz CT molecular complexity index is 771. The number of ether oxygens (including phenoxy) is 1. The Labute approximate surface area is 122 Å². The highest BCUT2D eigenvalue weighted by molar-refractivity contribution is 5.81. The smallest absolute Gasteiger partial charge is 0.229 e. The fourth-order valence-electron chi connectivity index (χ4n) is 2.55. The van der Waals surface area contributed by atoms with Gasteiger partial charge in [0.15, 0.2) is 5.82 Å². The maximum atomic E-state index is 5.53. The summed E-state index contributed by atoms with van der Waals surface area (Å²) in [6, 6.07) is 8.21. The summed E-state index contributed by atoms with van der Waals surface area (Å²) in [7, 11) is 0. The molecule has 0 N–H and O–H groups in total. The van der Waals surface area contributed by atoms with E-state index < -0.39 is 0 Å². The zero-order chi connectivity index (χ0) is 14.2. The van der Waals surface area contributed by atoms with Crippen molar-refractivity contribution in [3.05, 3.63) is 42.2 Å². The molecule has 2 heterocycles.